The zero-order valence-corrected chi connectivity index (χ0v) is 10.6. The van der Waals surface area contributed by atoms with Crippen molar-refractivity contribution in [2.24, 2.45) is 5.92 Å². The van der Waals surface area contributed by atoms with Crippen molar-refractivity contribution < 1.29 is 4.74 Å². The van der Waals surface area contributed by atoms with Crippen molar-refractivity contribution in [3.05, 3.63) is 17.7 Å². The molecule has 0 aliphatic carbocycles. The number of imidazole rings is 1. The summed E-state index contributed by atoms with van der Waals surface area (Å²) < 4.78 is 7.72. The van der Waals surface area contributed by atoms with E-state index >= 15 is 0 Å². The number of ether oxygens (including phenoxy) is 1. The molecule has 4 heteroatoms. The lowest BCUT2D eigenvalue weighted by Crippen LogP contribution is -2.36. The summed E-state index contributed by atoms with van der Waals surface area (Å²) >= 11 is 0. The summed E-state index contributed by atoms with van der Waals surface area (Å²) in [5.41, 5.74) is 2.76. The molecule has 0 bridgehead atoms. The third-order valence-electron chi connectivity index (χ3n) is 3.91. The number of hydrogen-bond acceptors (Lipinski definition) is 3. The molecule has 0 radical (unpaired) electrons. The quantitative estimate of drug-likeness (QED) is 0.774. The van der Waals surface area contributed by atoms with E-state index in [0.29, 0.717) is 0 Å². The van der Waals surface area contributed by atoms with Crippen LogP contribution in [0.25, 0.3) is 0 Å². The monoisotopic (exact) mass is 235 g/mol. The summed E-state index contributed by atoms with van der Waals surface area (Å²) in [5, 5.41) is 0. The second-order valence-corrected chi connectivity index (χ2v) is 5.32. The molecule has 3 rings (SSSR count). The Kier molecular flexibility index (Phi) is 3.16. The highest BCUT2D eigenvalue weighted by Gasteiger charge is 2.21. The molecule has 0 aromatic carbocycles. The lowest BCUT2D eigenvalue weighted by atomic mass is 9.97. The highest BCUT2D eigenvalue weighted by Crippen LogP contribution is 2.23. The molecule has 1 fully saturated rings. The first kappa shape index (κ1) is 11.2. The van der Waals surface area contributed by atoms with Crippen LogP contribution in [0, 0.1) is 5.92 Å². The summed E-state index contributed by atoms with van der Waals surface area (Å²) in [4.78, 5) is 7.06. The first-order valence-electron chi connectivity index (χ1n) is 6.66. The fourth-order valence-corrected chi connectivity index (χ4v) is 2.77. The van der Waals surface area contributed by atoms with Crippen LogP contribution in [0.4, 0.5) is 0 Å². The molecule has 0 amide bonds. The van der Waals surface area contributed by atoms with Crippen molar-refractivity contribution >= 4 is 0 Å². The predicted molar refractivity (Wildman–Crippen MR) is 65.8 cm³/mol. The van der Waals surface area contributed by atoms with Crippen LogP contribution in [0.2, 0.25) is 0 Å². The number of rotatable bonds is 2. The van der Waals surface area contributed by atoms with E-state index in [1.165, 1.54) is 24.2 Å². The molecule has 0 saturated carbocycles. The second-order valence-electron chi connectivity index (χ2n) is 5.32. The predicted octanol–water partition coefficient (Wildman–Crippen LogP) is 1.30. The number of aryl methyl sites for hydroxylation is 1. The van der Waals surface area contributed by atoms with Gasteiger partial charge in [0.2, 0.25) is 0 Å². The third kappa shape index (κ3) is 2.38. The summed E-state index contributed by atoms with van der Waals surface area (Å²) in [6.07, 6.45) is 4.51. The normalized spacial score (nSPS) is 25.8. The molecule has 3 heterocycles. The largest absolute Gasteiger partial charge is 0.379 e. The van der Waals surface area contributed by atoms with E-state index in [2.05, 4.69) is 21.4 Å². The van der Waals surface area contributed by atoms with Gasteiger partial charge in [-0.25, -0.2) is 4.98 Å². The SMILES string of the molecule is CC1CCn2cnc(CN3CCOCC3)c2C1. The molecule has 1 aromatic rings. The number of morpholine rings is 1. The molecule has 1 aromatic heterocycles. The molecule has 2 aliphatic heterocycles. The van der Waals surface area contributed by atoms with Crippen LogP contribution in [0.15, 0.2) is 6.33 Å². The number of nitrogens with zero attached hydrogens (tertiary/aromatic N) is 3. The average molecular weight is 235 g/mol. The molecule has 1 unspecified atom stereocenters. The highest BCUT2D eigenvalue weighted by molar-refractivity contribution is 5.15. The summed E-state index contributed by atoms with van der Waals surface area (Å²) in [5.74, 6) is 0.808. The van der Waals surface area contributed by atoms with Crippen LogP contribution >= 0.6 is 0 Å². The summed E-state index contributed by atoms with van der Waals surface area (Å²) in [6, 6.07) is 0. The van der Waals surface area contributed by atoms with Crippen LogP contribution in [0.1, 0.15) is 24.7 Å². The molecule has 2 aliphatic rings. The van der Waals surface area contributed by atoms with Crippen molar-refractivity contribution in [3.63, 3.8) is 0 Å². The highest BCUT2D eigenvalue weighted by atomic mass is 16.5. The number of fused-ring (bicyclic) bond motifs is 1. The third-order valence-corrected chi connectivity index (χ3v) is 3.91. The van der Waals surface area contributed by atoms with Gasteiger partial charge in [-0.05, 0) is 18.8 Å². The Hall–Kier alpha value is -0.870. The molecular weight excluding hydrogens is 214 g/mol. The van der Waals surface area contributed by atoms with Crippen molar-refractivity contribution in [2.45, 2.75) is 32.9 Å². The van der Waals surface area contributed by atoms with Gasteiger partial charge in [0.25, 0.3) is 0 Å². The Morgan fingerprint density at radius 1 is 1.35 bits per heavy atom. The maximum Gasteiger partial charge on any atom is 0.0952 e. The topological polar surface area (TPSA) is 30.3 Å². The lowest BCUT2D eigenvalue weighted by molar-refractivity contribution is 0.0335. The van der Waals surface area contributed by atoms with E-state index in [1.54, 1.807) is 0 Å². The Morgan fingerprint density at radius 3 is 3.00 bits per heavy atom. The Balaban J connectivity index is 1.72. The Labute approximate surface area is 103 Å². The zero-order chi connectivity index (χ0) is 11.7. The average Bonchev–Trinajstić information content (AvgIpc) is 2.73. The first-order valence-corrected chi connectivity index (χ1v) is 6.66. The van der Waals surface area contributed by atoms with Crippen molar-refractivity contribution in [1.82, 2.24) is 14.5 Å². The smallest absolute Gasteiger partial charge is 0.0952 e. The van der Waals surface area contributed by atoms with Gasteiger partial charge in [0.1, 0.15) is 0 Å². The van der Waals surface area contributed by atoms with E-state index in [1.807, 2.05) is 6.33 Å². The minimum absolute atomic E-state index is 0.808. The molecule has 17 heavy (non-hydrogen) atoms. The first-order chi connectivity index (χ1) is 8.33. The van der Waals surface area contributed by atoms with E-state index in [4.69, 9.17) is 4.74 Å². The minimum Gasteiger partial charge on any atom is -0.379 e. The Bertz CT molecular complexity index is 382. The standard InChI is InChI=1S/C13H21N3O/c1-11-2-3-16-10-14-12(13(16)8-11)9-15-4-6-17-7-5-15/h10-11H,2-9H2,1H3. The van der Waals surface area contributed by atoms with E-state index in [9.17, 15) is 0 Å². The molecule has 4 nitrogen and oxygen atoms in total. The van der Waals surface area contributed by atoms with Crippen LogP contribution < -0.4 is 0 Å². The van der Waals surface area contributed by atoms with Gasteiger partial charge < -0.3 is 9.30 Å². The van der Waals surface area contributed by atoms with E-state index in [0.717, 1.165) is 45.3 Å². The van der Waals surface area contributed by atoms with Crippen LogP contribution in [0.5, 0.6) is 0 Å². The molecule has 1 saturated heterocycles. The summed E-state index contributed by atoms with van der Waals surface area (Å²) in [6.45, 7) is 8.31. The van der Waals surface area contributed by atoms with Gasteiger partial charge in [-0.15, -0.1) is 0 Å². The lowest BCUT2D eigenvalue weighted by Gasteiger charge is -2.27. The molecule has 0 spiro atoms. The summed E-state index contributed by atoms with van der Waals surface area (Å²) in [7, 11) is 0. The molecule has 0 N–H and O–H groups in total. The second kappa shape index (κ2) is 4.78. The maximum absolute atomic E-state index is 5.38. The van der Waals surface area contributed by atoms with Crippen molar-refractivity contribution in [2.75, 3.05) is 26.3 Å². The Morgan fingerprint density at radius 2 is 2.18 bits per heavy atom. The van der Waals surface area contributed by atoms with Crippen LogP contribution in [-0.4, -0.2) is 40.8 Å². The molecule has 94 valence electrons. The minimum atomic E-state index is 0.808. The molecule has 1 atom stereocenters. The van der Waals surface area contributed by atoms with Gasteiger partial charge in [-0.3, -0.25) is 4.90 Å². The van der Waals surface area contributed by atoms with Gasteiger partial charge in [0.05, 0.1) is 25.2 Å². The van der Waals surface area contributed by atoms with Crippen molar-refractivity contribution in [1.29, 1.82) is 0 Å². The van der Waals surface area contributed by atoms with Gasteiger partial charge in [0, 0.05) is 31.9 Å². The van der Waals surface area contributed by atoms with Gasteiger partial charge in [-0.2, -0.15) is 0 Å². The van der Waals surface area contributed by atoms with E-state index in [-0.39, 0.29) is 0 Å². The molecular formula is C13H21N3O. The van der Waals surface area contributed by atoms with Crippen LogP contribution in [0.3, 0.4) is 0 Å². The maximum atomic E-state index is 5.38. The van der Waals surface area contributed by atoms with Crippen LogP contribution in [-0.2, 0) is 24.2 Å². The van der Waals surface area contributed by atoms with Crippen molar-refractivity contribution in [3.8, 4) is 0 Å². The zero-order valence-electron chi connectivity index (χ0n) is 10.6. The number of aromatic nitrogens is 2. The fraction of sp³-hybridized carbons (Fsp3) is 0.769. The van der Waals surface area contributed by atoms with E-state index < -0.39 is 0 Å². The van der Waals surface area contributed by atoms with Gasteiger partial charge in [-0.1, -0.05) is 6.92 Å². The van der Waals surface area contributed by atoms with Gasteiger partial charge >= 0.3 is 0 Å². The number of hydrogen-bond donors (Lipinski definition) is 0. The van der Waals surface area contributed by atoms with Gasteiger partial charge in [0.15, 0.2) is 0 Å². The fourth-order valence-electron chi connectivity index (χ4n) is 2.77.